The van der Waals surface area contributed by atoms with E-state index in [9.17, 15) is 4.79 Å². The van der Waals surface area contributed by atoms with Crippen LogP contribution in [0.3, 0.4) is 0 Å². The second-order valence-corrected chi connectivity index (χ2v) is 2.77. The lowest BCUT2D eigenvalue weighted by Crippen LogP contribution is -2.27. The smallest absolute Gasteiger partial charge is 0.349 e. The molecule has 0 aliphatic carbocycles. The molecule has 0 amide bonds. The van der Waals surface area contributed by atoms with Crippen molar-refractivity contribution in [1.29, 1.82) is 0 Å². The molecule has 0 fully saturated rings. The highest BCUT2D eigenvalue weighted by Crippen LogP contribution is 1.93. The summed E-state index contributed by atoms with van der Waals surface area (Å²) in [6.45, 7) is 2.50. The standard InChI is InChI=1S/C6H10N3OP/c1-2-9-3-4(11)5(7)8-6(9)10/h3H,2,11H2,1H3,(H2,7,8,10). The first-order valence-corrected chi connectivity index (χ1v) is 3.85. The van der Waals surface area contributed by atoms with E-state index in [1.54, 1.807) is 6.20 Å². The van der Waals surface area contributed by atoms with Crippen molar-refractivity contribution >= 4 is 20.4 Å². The second-order valence-electron chi connectivity index (χ2n) is 2.15. The van der Waals surface area contributed by atoms with Crippen molar-refractivity contribution in [3.05, 3.63) is 16.7 Å². The number of nitrogens with zero attached hydrogens (tertiary/aromatic N) is 2. The van der Waals surface area contributed by atoms with Gasteiger partial charge in [0.25, 0.3) is 0 Å². The number of hydrogen-bond donors (Lipinski definition) is 1. The molecule has 1 rings (SSSR count). The van der Waals surface area contributed by atoms with Crippen LogP contribution in [0, 0.1) is 0 Å². The van der Waals surface area contributed by atoms with Crippen molar-refractivity contribution in [3.63, 3.8) is 0 Å². The molecule has 5 heteroatoms. The molecule has 4 nitrogen and oxygen atoms in total. The highest BCUT2D eigenvalue weighted by molar-refractivity contribution is 7.27. The van der Waals surface area contributed by atoms with E-state index in [0.717, 1.165) is 5.30 Å². The van der Waals surface area contributed by atoms with Crippen LogP contribution in [-0.4, -0.2) is 9.55 Å². The maximum Gasteiger partial charge on any atom is 0.349 e. The van der Waals surface area contributed by atoms with Gasteiger partial charge in [-0.1, -0.05) is 9.24 Å². The minimum Gasteiger partial charge on any atom is -0.383 e. The summed E-state index contributed by atoms with van der Waals surface area (Å²) < 4.78 is 1.50. The van der Waals surface area contributed by atoms with Gasteiger partial charge in [0, 0.05) is 18.0 Å². The first kappa shape index (κ1) is 8.21. The first-order chi connectivity index (χ1) is 5.15. The highest BCUT2D eigenvalue weighted by atomic mass is 31.0. The zero-order chi connectivity index (χ0) is 8.43. The molecule has 1 heterocycles. The van der Waals surface area contributed by atoms with Gasteiger partial charge >= 0.3 is 5.69 Å². The number of rotatable bonds is 1. The fraction of sp³-hybridized carbons (Fsp3) is 0.333. The Morgan fingerprint density at radius 2 is 2.45 bits per heavy atom. The monoisotopic (exact) mass is 171 g/mol. The molecule has 0 saturated carbocycles. The number of hydrogen-bond acceptors (Lipinski definition) is 3. The van der Waals surface area contributed by atoms with Crippen LogP contribution in [0.5, 0.6) is 0 Å². The molecule has 0 spiro atoms. The van der Waals surface area contributed by atoms with Gasteiger partial charge in [0.1, 0.15) is 5.82 Å². The Kier molecular flexibility index (Phi) is 2.25. The summed E-state index contributed by atoms with van der Waals surface area (Å²) in [6, 6.07) is 0. The SMILES string of the molecule is CCn1cc(P)c(N)nc1=O. The minimum atomic E-state index is -0.295. The molecule has 1 aromatic heterocycles. The van der Waals surface area contributed by atoms with Crippen LogP contribution in [0.4, 0.5) is 5.82 Å². The van der Waals surface area contributed by atoms with Crippen molar-refractivity contribution in [2.45, 2.75) is 13.5 Å². The molecule has 0 aliphatic rings. The van der Waals surface area contributed by atoms with E-state index in [1.807, 2.05) is 6.92 Å². The summed E-state index contributed by atoms with van der Waals surface area (Å²) in [5.41, 5.74) is 5.10. The fourth-order valence-electron chi connectivity index (χ4n) is 0.748. The molecule has 0 saturated heterocycles. The van der Waals surface area contributed by atoms with E-state index < -0.39 is 0 Å². The molecule has 1 aromatic rings. The van der Waals surface area contributed by atoms with Crippen LogP contribution in [0.1, 0.15) is 6.92 Å². The van der Waals surface area contributed by atoms with E-state index in [-0.39, 0.29) is 11.5 Å². The van der Waals surface area contributed by atoms with Gasteiger partial charge in [-0.15, -0.1) is 0 Å². The summed E-state index contributed by atoms with van der Waals surface area (Å²) in [5.74, 6) is 0.282. The third-order valence-electron chi connectivity index (χ3n) is 1.39. The van der Waals surface area contributed by atoms with Gasteiger partial charge in [0.15, 0.2) is 0 Å². The van der Waals surface area contributed by atoms with E-state index in [1.165, 1.54) is 4.57 Å². The molecular weight excluding hydrogens is 161 g/mol. The largest absolute Gasteiger partial charge is 0.383 e. The Hall–Kier alpha value is -0.890. The molecule has 1 unspecified atom stereocenters. The van der Waals surface area contributed by atoms with Gasteiger partial charge in [0.2, 0.25) is 0 Å². The molecule has 0 bridgehead atoms. The van der Waals surface area contributed by atoms with Gasteiger partial charge in [-0.05, 0) is 6.92 Å². The van der Waals surface area contributed by atoms with Crippen molar-refractivity contribution in [2.75, 3.05) is 5.73 Å². The summed E-state index contributed by atoms with van der Waals surface area (Å²) in [5, 5.41) is 0.756. The molecule has 0 aliphatic heterocycles. The zero-order valence-electron chi connectivity index (χ0n) is 6.24. The normalized spacial score (nSPS) is 10.0. The Labute approximate surface area is 66.6 Å². The average molecular weight is 171 g/mol. The fourth-order valence-corrected chi connectivity index (χ4v) is 0.992. The van der Waals surface area contributed by atoms with E-state index in [4.69, 9.17) is 5.73 Å². The third-order valence-corrected chi connectivity index (χ3v) is 1.84. The molecule has 1 atom stereocenters. The Morgan fingerprint density at radius 1 is 1.82 bits per heavy atom. The molecule has 0 radical (unpaired) electrons. The van der Waals surface area contributed by atoms with E-state index >= 15 is 0 Å². The van der Waals surface area contributed by atoms with Crippen molar-refractivity contribution in [3.8, 4) is 0 Å². The molecule has 2 N–H and O–H groups in total. The van der Waals surface area contributed by atoms with Gasteiger partial charge in [-0.25, -0.2) is 4.79 Å². The predicted molar refractivity (Wildman–Crippen MR) is 47.9 cm³/mol. The predicted octanol–water partition coefficient (Wildman–Crippen LogP) is -0.654. The summed E-state index contributed by atoms with van der Waals surface area (Å²) >= 11 is 0. The summed E-state index contributed by atoms with van der Waals surface area (Å²) in [6.07, 6.45) is 1.68. The van der Waals surface area contributed by atoms with E-state index in [2.05, 4.69) is 14.2 Å². The summed E-state index contributed by atoms with van der Waals surface area (Å²) in [4.78, 5) is 14.6. The number of nitrogen functional groups attached to an aromatic ring is 1. The quantitative estimate of drug-likeness (QED) is 0.571. The molecular formula is C6H10N3OP. The van der Waals surface area contributed by atoms with Gasteiger partial charge in [-0.2, -0.15) is 4.98 Å². The lowest BCUT2D eigenvalue weighted by atomic mass is 10.5. The van der Waals surface area contributed by atoms with Crippen LogP contribution in [0.2, 0.25) is 0 Å². The van der Waals surface area contributed by atoms with Crippen LogP contribution in [-0.2, 0) is 6.54 Å². The maximum absolute atomic E-state index is 11.0. The number of aromatic nitrogens is 2. The van der Waals surface area contributed by atoms with Crippen LogP contribution in [0.25, 0.3) is 0 Å². The van der Waals surface area contributed by atoms with Crippen molar-refractivity contribution in [2.24, 2.45) is 0 Å². The Bertz CT molecular complexity index is 320. The Morgan fingerprint density at radius 3 is 3.00 bits per heavy atom. The number of aryl methyl sites for hydroxylation is 1. The third kappa shape index (κ3) is 1.57. The number of anilines is 1. The van der Waals surface area contributed by atoms with Gasteiger partial charge < -0.3 is 5.73 Å². The van der Waals surface area contributed by atoms with Crippen molar-refractivity contribution < 1.29 is 0 Å². The molecule has 60 valence electrons. The van der Waals surface area contributed by atoms with Gasteiger partial charge in [-0.3, -0.25) is 4.57 Å². The number of nitrogens with two attached hydrogens (primary N) is 1. The van der Waals surface area contributed by atoms with Crippen LogP contribution in [0.15, 0.2) is 11.0 Å². The lowest BCUT2D eigenvalue weighted by molar-refractivity contribution is 0.705. The van der Waals surface area contributed by atoms with Crippen molar-refractivity contribution in [1.82, 2.24) is 9.55 Å². The molecule has 11 heavy (non-hydrogen) atoms. The minimum absolute atomic E-state index is 0.282. The highest BCUT2D eigenvalue weighted by Gasteiger charge is 1.98. The molecule has 0 aromatic carbocycles. The van der Waals surface area contributed by atoms with Crippen LogP contribution < -0.4 is 16.7 Å². The maximum atomic E-state index is 11.0. The second kappa shape index (κ2) is 3.01. The van der Waals surface area contributed by atoms with E-state index in [0.29, 0.717) is 6.54 Å². The lowest BCUT2D eigenvalue weighted by Gasteiger charge is -2.02. The van der Waals surface area contributed by atoms with Gasteiger partial charge in [0.05, 0.1) is 0 Å². The average Bonchev–Trinajstić information content (AvgIpc) is 1.97. The summed E-state index contributed by atoms with van der Waals surface area (Å²) in [7, 11) is 2.43. The van der Waals surface area contributed by atoms with Crippen LogP contribution >= 0.6 is 9.24 Å². The topological polar surface area (TPSA) is 60.9 Å². The zero-order valence-corrected chi connectivity index (χ0v) is 7.40. The Balaban J connectivity index is 3.32. The first-order valence-electron chi connectivity index (χ1n) is 3.27.